The number of aromatic nitrogens is 2. The number of amides is 1. The van der Waals surface area contributed by atoms with Gasteiger partial charge in [0.25, 0.3) is 5.91 Å². The third kappa shape index (κ3) is 4.04. The topological polar surface area (TPSA) is 109 Å². The zero-order valence-electron chi connectivity index (χ0n) is 16.9. The van der Waals surface area contributed by atoms with Gasteiger partial charge in [-0.15, -0.1) is 0 Å². The third-order valence-corrected chi connectivity index (χ3v) is 4.77. The van der Waals surface area contributed by atoms with Gasteiger partial charge in [0.2, 0.25) is 0 Å². The van der Waals surface area contributed by atoms with Gasteiger partial charge < -0.3 is 14.6 Å². The van der Waals surface area contributed by atoms with Crippen LogP contribution in [-0.4, -0.2) is 41.6 Å². The van der Waals surface area contributed by atoms with E-state index in [2.05, 4.69) is 20.7 Å². The summed E-state index contributed by atoms with van der Waals surface area (Å²) in [6.07, 6.45) is 1.45. The van der Waals surface area contributed by atoms with Gasteiger partial charge in [0.1, 0.15) is 11.4 Å². The number of phenols is 1. The number of H-pyrrole nitrogens is 1. The molecule has 0 unspecified atom stereocenters. The van der Waals surface area contributed by atoms with Gasteiger partial charge in [-0.1, -0.05) is 30.3 Å². The highest BCUT2D eigenvalue weighted by atomic mass is 16.5. The zero-order valence-corrected chi connectivity index (χ0v) is 16.9. The molecule has 3 aromatic carbocycles. The van der Waals surface area contributed by atoms with Crippen LogP contribution in [0.15, 0.2) is 65.8 Å². The van der Waals surface area contributed by atoms with Gasteiger partial charge in [0.15, 0.2) is 11.5 Å². The van der Waals surface area contributed by atoms with E-state index in [0.717, 1.165) is 16.3 Å². The van der Waals surface area contributed by atoms with E-state index in [0.29, 0.717) is 22.8 Å². The first-order chi connectivity index (χ1) is 15.1. The summed E-state index contributed by atoms with van der Waals surface area (Å²) in [7, 11) is 3.05. The molecule has 1 heterocycles. The Hall–Kier alpha value is -4.33. The molecule has 156 valence electrons. The van der Waals surface area contributed by atoms with E-state index in [1.807, 2.05) is 36.4 Å². The van der Waals surface area contributed by atoms with Gasteiger partial charge >= 0.3 is 0 Å². The predicted octanol–water partition coefficient (Wildman–Crippen LogP) is 3.72. The number of rotatable bonds is 6. The van der Waals surface area contributed by atoms with Crippen LogP contribution in [0.5, 0.6) is 17.2 Å². The molecule has 3 N–H and O–H groups in total. The second-order valence-corrected chi connectivity index (χ2v) is 6.66. The van der Waals surface area contributed by atoms with Crippen molar-refractivity contribution in [1.82, 2.24) is 15.6 Å². The average Bonchev–Trinajstić information content (AvgIpc) is 3.29. The second-order valence-electron chi connectivity index (χ2n) is 6.66. The summed E-state index contributed by atoms with van der Waals surface area (Å²) in [6.45, 7) is 0. The zero-order chi connectivity index (χ0) is 21.8. The first kappa shape index (κ1) is 20.0. The van der Waals surface area contributed by atoms with Gasteiger partial charge in [0, 0.05) is 0 Å². The van der Waals surface area contributed by atoms with E-state index in [4.69, 9.17) is 9.47 Å². The lowest BCUT2D eigenvalue weighted by atomic mass is 10.0. The highest BCUT2D eigenvalue weighted by molar-refractivity contribution is 6.00. The summed E-state index contributed by atoms with van der Waals surface area (Å²) in [5.41, 5.74) is 4.75. The molecule has 1 amide bonds. The molecule has 31 heavy (non-hydrogen) atoms. The molecular formula is C23H20N4O4. The number of carbonyl (C=O) groups is 1. The van der Waals surface area contributed by atoms with Crippen LogP contribution in [-0.2, 0) is 0 Å². The van der Waals surface area contributed by atoms with Crippen molar-refractivity contribution >= 4 is 22.9 Å². The number of carbonyl (C=O) groups excluding carboxylic acids is 1. The fourth-order valence-electron chi connectivity index (χ4n) is 3.25. The number of methoxy groups -OCH3 is 2. The predicted molar refractivity (Wildman–Crippen MR) is 118 cm³/mol. The lowest BCUT2D eigenvalue weighted by Crippen LogP contribution is -2.18. The summed E-state index contributed by atoms with van der Waals surface area (Å²) >= 11 is 0. The summed E-state index contributed by atoms with van der Waals surface area (Å²) < 4.78 is 10.6. The Balaban J connectivity index is 1.56. The quantitative estimate of drug-likeness (QED) is 0.328. The molecule has 0 radical (unpaired) electrons. The number of benzene rings is 3. The van der Waals surface area contributed by atoms with Crippen molar-refractivity contribution in [3.8, 4) is 28.5 Å². The number of fused-ring (bicyclic) bond motifs is 1. The number of phenolic OH excluding ortho intramolecular Hbond substituents is 1. The van der Waals surface area contributed by atoms with E-state index < -0.39 is 5.91 Å². The second kappa shape index (κ2) is 8.58. The van der Waals surface area contributed by atoms with Crippen LogP contribution in [0, 0.1) is 0 Å². The number of ether oxygens (including phenoxy) is 2. The number of hydrogen-bond acceptors (Lipinski definition) is 6. The SMILES string of the molecule is COc1cc(/C=N/NC(=O)c2cc(-c3c(OC)ccc4ccccc34)n[nH]2)ccc1O. The molecule has 0 aliphatic carbocycles. The number of aromatic amines is 1. The van der Waals surface area contributed by atoms with Gasteiger partial charge in [-0.2, -0.15) is 10.2 Å². The van der Waals surface area contributed by atoms with E-state index in [1.54, 1.807) is 25.3 Å². The van der Waals surface area contributed by atoms with Gasteiger partial charge in [-0.25, -0.2) is 5.43 Å². The Morgan fingerprint density at radius 3 is 2.68 bits per heavy atom. The minimum absolute atomic E-state index is 0.0255. The minimum atomic E-state index is -0.444. The third-order valence-electron chi connectivity index (χ3n) is 4.77. The molecule has 0 aliphatic rings. The van der Waals surface area contributed by atoms with E-state index in [9.17, 15) is 9.90 Å². The number of hydrogen-bond donors (Lipinski definition) is 3. The summed E-state index contributed by atoms with van der Waals surface area (Å²) in [5.74, 6) is 0.562. The van der Waals surface area contributed by atoms with Crippen LogP contribution in [0.1, 0.15) is 16.1 Å². The van der Waals surface area contributed by atoms with Crippen LogP contribution in [0.2, 0.25) is 0 Å². The normalized spacial score (nSPS) is 11.0. The maximum Gasteiger partial charge on any atom is 0.289 e. The fraction of sp³-hybridized carbons (Fsp3) is 0.0870. The van der Waals surface area contributed by atoms with E-state index >= 15 is 0 Å². The number of hydrazone groups is 1. The number of nitrogens with zero attached hydrogens (tertiary/aromatic N) is 2. The van der Waals surface area contributed by atoms with Crippen LogP contribution >= 0.6 is 0 Å². The molecule has 8 nitrogen and oxygen atoms in total. The Bertz CT molecular complexity index is 1280. The van der Waals surface area contributed by atoms with Crippen molar-refractivity contribution in [2.45, 2.75) is 0 Å². The number of nitrogens with one attached hydrogen (secondary N) is 2. The first-order valence-corrected chi connectivity index (χ1v) is 9.42. The van der Waals surface area contributed by atoms with Crippen molar-refractivity contribution in [3.05, 3.63) is 71.9 Å². The van der Waals surface area contributed by atoms with E-state index in [1.165, 1.54) is 19.4 Å². The van der Waals surface area contributed by atoms with Crippen LogP contribution in [0.25, 0.3) is 22.0 Å². The van der Waals surface area contributed by atoms with Crippen LogP contribution in [0.3, 0.4) is 0 Å². The summed E-state index contributed by atoms with van der Waals surface area (Å²) in [6, 6.07) is 18.1. The van der Waals surface area contributed by atoms with E-state index in [-0.39, 0.29) is 11.4 Å². The smallest absolute Gasteiger partial charge is 0.289 e. The molecule has 8 heteroatoms. The maximum absolute atomic E-state index is 12.5. The van der Waals surface area contributed by atoms with Crippen molar-refractivity contribution in [1.29, 1.82) is 0 Å². The molecule has 0 saturated heterocycles. The van der Waals surface area contributed by atoms with Crippen molar-refractivity contribution in [2.75, 3.05) is 14.2 Å². The standard InChI is InChI=1S/C23H20N4O4/c1-30-20-10-8-15-5-3-4-6-16(15)22(20)17-12-18(26-25-17)23(29)27-24-13-14-7-9-19(28)21(11-14)31-2/h3-13,28H,1-2H3,(H,25,26)(H,27,29)/b24-13+. The molecule has 0 atom stereocenters. The van der Waals surface area contributed by atoms with Crippen LogP contribution < -0.4 is 14.9 Å². The first-order valence-electron chi connectivity index (χ1n) is 9.42. The van der Waals surface area contributed by atoms with Gasteiger partial charge in [0.05, 0.1) is 31.7 Å². The average molecular weight is 416 g/mol. The molecule has 4 aromatic rings. The van der Waals surface area contributed by atoms with Gasteiger partial charge in [-0.05, 0) is 46.7 Å². The molecular weight excluding hydrogens is 396 g/mol. The Kier molecular flexibility index (Phi) is 5.53. The lowest BCUT2D eigenvalue weighted by Gasteiger charge is -2.09. The monoisotopic (exact) mass is 416 g/mol. The molecule has 1 aromatic heterocycles. The van der Waals surface area contributed by atoms with Crippen molar-refractivity contribution in [2.24, 2.45) is 5.10 Å². The van der Waals surface area contributed by atoms with Crippen molar-refractivity contribution < 1.29 is 19.4 Å². The number of aromatic hydroxyl groups is 1. The molecule has 0 bridgehead atoms. The largest absolute Gasteiger partial charge is 0.504 e. The Labute approximate surface area is 178 Å². The summed E-state index contributed by atoms with van der Waals surface area (Å²) in [4.78, 5) is 12.5. The highest BCUT2D eigenvalue weighted by Crippen LogP contribution is 2.36. The molecule has 0 saturated carbocycles. The molecule has 0 spiro atoms. The Morgan fingerprint density at radius 1 is 1.06 bits per heavy atom. The fourth-order valence-corrected chi connectivity index (χ4v) is 3.25. The minimum Gasteiger partial charge on any atom is -0.504 e. The van der Waals surface area contributed by atoms with Gasteiger partial charge in [-0.3, -0.25) is 9.89 Å². The highest BCUT2D eigenvalue weighted by Gasteiger charge is 2.16. The molecule has 0 aliphatic heterocycles. The van der Waals surface area contributed by atoms with Crippen LogP contribution in [0.4, 0.5) is 0 Å². The lowest BCUT2D eigenvalue weighted by molar-refractivity contribution is 0.0950. The Morgan fingerprint density at radius 2 is 1.87 bits per heavy atom. The molecule has 0 fully saturated rings. The maximum atomic E-state index is 12.5. The molecule has 4 rings (SSSR count). The van der Waals surface area contributed by atoms with Crippen molar-refractivity contribution in [3.63, 3.8) is 0 Å². The summed E-state index contributed by atoms with van der Waals surface area (Å²) in [5, 5.41) is 22.7.